The topological polar surface area (TPSA) is 75.7 Å². The maximum atomic E-state index is 6.14. The summed E-state index contributed by atoms with van der Waals surface area (Å²) in [5.41, 5.74) is 0.725. The Kier molecular flexibility index (Phi) is 4.22. The molecule has 1 aliphatic rings. The molecule has 6 heteroatoms. The molecule has 2 N–H and O–H groups in total. The van der Waals surface area contributed by atoms with Crippen molar-refractivity contribution < 1.29 is 4.74 Å². The van der Waals surface area contributed by atoms with Crippen LogP contribution in [0.25, 0.3) is 11.0 Å². The number of anilines is 1. The monoisotopic (exact) mass is 289 g/mol. The third-order valence-electron chi connectivity index (χ3n) is 4.05. The molecule has 0 radical (unpaired) electrons. The van der Waals surface area contributed by atoms with E-state index in [1.807, 2.05) is 0 Å². The van der Waals surface area contributed by atoms with E-state index in [1.54, 1.807) is 6.20 Å². The van der Waals surface area contributed by atoms with E-state index in [-0.39, 0.29) is 6.10 Å². The molecule has 6 nitrogen and oxygen atoms in total. The molecule has 0 atom stereocenters. The fraction of sp³-hybridized carbons (Fsp3) is 0.667. The quantitative estimate of drug-likeness (QED) is 0.884. The van der Waals surface area contributed by atoms with Crippen LogP contribution in [0.5, 0.6) is 5.88 Å². The van der Waals surface area contributed by atoms with Crippen molar-refractivity contribution in [3.8, 4) is 5.88 Å². The second-order valence-electron chi connectivity index (χ2n) is 5.91. The molecule has 2 aromatic heterocycles. The van der Waals surface area contributed by atoms with E-state index < -0.39 is 0 Å². The highest BCUT2D eigenvalue weighted by atomic mass is 16.5. The highest BCUT2D eigenvalue weighted by molar-refractivity contribution is 5.80. The average molecular weight is 289 g/mol. The Balaban J connectivity index is 1.80. The summed E-state index contributed by atoms with van der Waals surface area (Å²) in [6.07, 6.45) is 7.68. The number of H-pyrrole nitrogens is 1. The zero-order chi connectivity index (χ0) is 14.7. The maximum Gasteiger partial charge on any atom is 0.229 e. The summed E-state index contributed by atoms with van der Waals surface area (Å²) in [6, 6.07) is 0. The molecule has 21 heavy (non-hydrogen) atoms. The first-order chi connectivity index (χ1) is 10.3. The predicted octanol–water partition coefficient (Wildman–Crippen LogP) is 3.13. The van der Waals surface area contributed by atoms with Crippen LogP contribution in [0.4, 0.5) is 5.95 Å². The fourth-order valence-electron chi connectivity index (χ4n) is 2.72. The fourth-order valence-corrected chi connectivity index (χ4v) is 2.72. The number of hydrogen-bond donors (Lipinski definition) is 2. The number of aromatic nitrogens is 4. The molecule has 1 aliphatic carbocycles. The van der Waals surface area contributed by atoms with E-state index in [2.05, 4.69) is 39.3 Å². The smallest absolute Gasteiger partial charge is 0.229 e. The minimum Gasteiger partial charge on any atom is -0.474 e. The number of aromatic amines is 1. The van der Waals surface area contributed by atoms with Crippen molar-refractivity contribution in [2.45, 2.75) is 52.1 Å². The molecule has 0 unspecified atom stereocenters. The number of rotatable bonds is 5. The van der Waals surface area contributed by atoms with Crippen LogP contribution in [0.15, 0.2) is 6.20 Å². The summed E-state index contributed by atoms with van der Waals surface area (Å²) in [4.78, 5) is 8.94. The van der Waals surface area contributed by atoms with Crippen LogP contribution in [-0.2, 0) is 0 Å². The number of nitrogens with zero attached hydrogens (tertiary/aromatic N) is 3. The van der Waals surface area contributed by atoms with Crippen LogP contribution in [0.1, 0.15) is 46.0 Å². The molecule has 0 aromatic carbocycles. The maximum absolute atomic E-state index is 6.14. The van der Waals surface area contributed by atoms with Gasteiger partial charge in [0.1, 0.15) is 11.5 Å². The summed E-state index contributed by atoms with van der Waals surface area (Å²) in [5, 5.41) is 11.0. The summed E-state index contributed by atoms with van der Waals surface area (Å²) in [6.45, 7) is 5.27. The second kappa shape index (κ2) is 6.28. The molecule has 114 valence electrons. The Morgan fingerprint density at radius 3 is 2.86 bits per heavy atom. The van der Waals surface area contributed by atoms with Crippen molar-refractivity contribution >= 4 is 17.0 Å². The van der Waals surface area contributed by atoms with E-state index >= 15 is 0 Å². The van der Waals surface area contributed by atoms with Crippen LogP contribution in [-0.4, -0.2) is 32.8 Å². The lowest BCUT2D eigenvalue weighted by Crippen LogP contribution is -2.23. The van der Waals surface area contributed by atoms with Gasteiger partial charge in [0.05, 0.1) is 6.20 Å². The molecule has 2 heterocycles. The predicted molar refractivity (Wildman–Crippen MR) is 82.5 cm³/mol. The normalized spacial score (nSPS) is 22.4. The minimum absolute atomic E-state index is 0.258. The van der Waals surface area contributed by atoms with Crippen molar-refractivity contribution in [1.82, 2.24) is 20.2 Å². The molecule has 1 fully saturated rings. The van der Waals surface area contributed by atoms with Gasteiger partial charge in [-0.1, -0.05) is 13.8 Å². The first kappa shape index (κ1) is 14.1. The zero-order valence-corrected chi connectivity index (χ0v) is 12.7. The Morgan fingerprint density at radius 1 is 1.29 bits per heavy atom. The molecule has 1 saturated carbocycles. The highest BCUT2D eigenvalue weighted by Gasteiger charge is 2.21. The molecule has 0 spiro atoms. The first-order valence-corrected chi connectivity index (χ1v) is 7.88. The van der Waals surface area contributed by atoms with E-state index in [0.29, 0.717) is 11.8 Å². The molecule has 0 aliphatic heterocycles. The number of hydrogen-bond acceptors (Lipinski definition) is 5. The molecule has 0 bridgehead atoms. The van der Waals surface area contributed by atoms with Crippen molar-refractivity contribution in [1.29, 1.82) is 0 Å². The van der Waals surface area contributed by atoms with Gasteiger partial charge in [-0.25, -0.2) is 0 Å². The van der Waals surface area contributed by atoms with Gasteiger partial charge in [-0.05, 0) is 38.0 Å². The molecule has 2 aromatic rings. The lowest BCUT2D eigenvalue weighted by molar-refractivity contribution is 0.132. The number of ether oxygens (including phenoxy) is 1. The lowest BCUT2D eigenvalue weighted by atomic mass is 9.89. The summed E-state index contributed by atoms with van der Waals surface area (Å²) in [5.74, 6) is 2.06. The van der Waals surface area contributed by atoms with Crippen LogP contribution < -0.4 is 10.1 Å². The SMILES string of the molecule is CCCNc1nc(OC2CCC(C)CC2)c2cn[nH]c2n1. The van der Waals surface area contributed by atoms with Gasteiger partial charge < -0.3 is 10.1 Å². The second-order valence-corrected chi connectivity index (χ2v) is 5.91. The molecule has 0 amide bonds. The van der Waals surface area contributed by atoms with Gasteiger partial charge >= 0.3 is 0 Å². The number of nitrogens with one attached hydrogen (secondary N) is 2. The van der Waals surface area contributed by atoms with Gasteiger partial charge in [-0.15, -0.1) is 0 Å². The van der Waals surface area contributed by atoms with Gasteiger partial charge in [-0.2, -0.15) is 15.1 Å². The largest absolute Gasteiger partial charge is 0.474 e. The summed E-state index contributed by atoms with van der Waals surface area (Å²) >= 11 is 0. The number of fused-ring (bicyclic) bond motifs is 1. The van der Waals surface area contributed by atoms with Crippen molar-refractivity contribution in [3.05, 3.63) is 6.20 Å². The third-order valence-corrected chi connectivity index (χ3v) is 4.05. The van der Waals surface area contributed by atoms with E-state index in [4.69, 9.17) is 4.74 Å². The summed E-state index contributed by atoms with van der Waals surface area (Å²) in [7, 11) is 0. The van der Waals surface area contributed by atoms with Gasteiger partial charge in [0, 0.05) is 6.54 Å². The zero-order valence-electron chi connectivity index (χ0n) is 12.7. The van der Waals surface area contributed by atoms with Gasteiger partial charge in [0.25, 0.3) is 0 Å². The Bertz CT molecular complexity index is 589. The van der Waals surface area contributed by atoms with Crippen LogP contribution in [0.3, 0.4) is 0 Å². The Labute approximate surface area is 124 Å². The van der Waals surface area contributed by atoms with Crippen molar-refractivity contribution in [2.24, 2.45) is 5.92 Å². The highest BCUT2D eigenvalue weighted by Crippen LogP contribution is 2.29. The average Bonchev–Trinajstić information content (AvgIpc) is 2.96. The van der Waals surface area contributed by atoms with Gasteiger partial charge in [0.2, 0.25) is 11.8 Å². The van der Waals surface area contributed by atoms with Gasteiger partial charge in [-0.3, -0.25) is 5.10 Å². The summed E-state index contributed by atoms with van der Waals surface area (Å²) < 4.78 is 6.14. The van der Waals surface area contributed by atoms with Crippen LogP contribution in [0, 0.1) is 5.92 Å². The van der Waals surface area contributed by atoms with E-state index in [9.17, 15) is 0 Å². The lowest BCUT2D eigenvalue weighted by Gasteiger charge is -2.26. The first-order valence-electron chi connectivity index (χ1n) is 7.88. The molecule has 3 rings (SSSR count). The van der Waals surface area contributed by atoms with Crippen molar-refractivity contribution in [2.75, 3.05) is 11.9 Å². The molecular formula is C15H23N5O. The van der Waals surface area contributed by atoms with Gasteiger partial charge in [0.15, 0.2) is 5.65 Å². The minimum atomic E-state index is 0.258. The molecular weight excluding hydrogens is 266 g/mol. The third kappa shape index (κ3) is 3.25. The standard InChI is InChI=1S/C15H23N5O/c1-3-8-16-15-18-13-12(9-17-20-13)14(19-15)21-11-6-4-10(2)5-7-11/h9-11H,3-8H2,1-2H3,(H2,16,17,18,19,20). The van der Waals surface area contributed by atoms with E-state index in [1.165, 1.54) is 12.8 Å². The molecule has 0 saturated heterocycles. The van der Waals surface area contributed by atoms with Crippen molar-refractivity contribution in [3.63, 3.8) is 0 Å². The van der Waals surface area contributed by atoms with Crippen LogP contribution in [0.2, 0.25) is 0 Å². The van der Waals surface area contributed by atoms with E-state index in [0.717, 1.165) is 42.8 Å². The Morgan fingerprint density at radius 2 is 2.10 bits per heavy atom. The van der Waals surface area contributed by atoms with Crippen LogP contribution >= 0.6 is 0 Å². The Hall–Kier alpha value is -1.85.